The highest BCUT2D eigenvalue weighted by Crippen LogP contribution is 2.42. The molecule has 1 saturated carbocycles. The van der Waals surface area contributed by atoms with Gasteiger partial charge in [-0.05, 0) is 31.7 Å². The lowest BCUT2D eigenvalue weighted by Crippen LogP contribution is -2.48. The Bertz CT molecular complexity index is 860. The number of benzene rings is 1. The number of piperazine rings is 1. The zero-order valence-electron chi connectivity index (χ0n) is 18.0. The topological polar surface area (TPSA) is 43.9 Å². The fraction of sp³-hybridized carbons (Fsp3) is 0.609. The lowest BCUT2D eigenvalue weighted by atomic mass is 10.1. The number of morpholine rings is 1. The molecule has 2 aromatic rings. The molecule has 7 heteroatoms. The van der Waals surface area contributed by atoms with Gasteiger partial charge in [-0.2, -0.15) is 0 Å². The van der Waals surface area contributed by atoms with E-state index in [1.807, 2.05) is 11.9 Å². The van der Waals surface area contributed by atoms with E-state index < -0.39 is 0 Å². The highest BCUT2D eigenvalue weighted by atomic mass is 32.2. The van der Waals surface area contributed by atoms with E-state index in [-0.39, 0.29) is 0 Å². The van der Waals surface area contributed by atoms with Gasteiger partial charge >= 0.3 is 0 Å². The summed E-state index contributed by atoms with van der Waals surface area (Å²) in [5.74, 6) is 0.995. The normalized spacial score (nSPS) is 23.0. The Balaban J connectivity index is 1.22. The van der Waals surface area contributed by atoms with Gasteiger partial charge in [-0.3, -0.25) is 9.80 Å². The van der Waals surface area contributed by atoms with Crippen molar-refractivity contribution in [2.24, 2.45) is 0 Å². The quantitative estimate of drug-likeness (QED) is 0.681. The summed E-state index contributed by atoms with van der Waals surface area (Å²) < 4.78 is 7.95. The molecule has 162 valence electrons. The maximum atomic E-state index is 5.44. The number of pyridine rings is 1. The van der Waals surface area contributed by atoms with Crippen LogP contribution in [0.3, 0.4) is 0 Å². The zero-order chi connectivity index (χ0) is 20.4. The zero-order valence-corrected chi connectivity index (χ0v) is 18.8. The Morgan fingerprint density at radius 2 is 1.77 bits per heavy atom. The van der Waals surface area contributed by atoms with E-state index >= 15 is 0 Å². The Kier molecular flexibility index (Phi) is 6.16. The lowest BCUT2D eigenvalue weighted by molar-refractivity contribution is 0.0398. The van der Waals surface area contributed by atoms with E-state index in [4.69, 9.17) is 9.72 Å². The van der Waals surface area contributed by atoms with Crippen LogP contribution < -0.4 is 5.32 Å². The number of fused-ring (bicyclic) bond motifs is 1. The molecule has 0 unspecified atom stereocenters. The smallest absolute Gasteiger partial charge is 0.133 e. The van der Waals surface area contributed by atoms with Crippen LogP contribution in [0.2, 0.25) is 0 Å². The highest BCUT2D eigenvalue weighted by Gasteiger charge is 2.43. The first-order valence-electron chi connectivity index (χ1n) is 11.3. The van der Waals surface area contributed by atoms with E-state index in [1.165, 1.54) is 41.6 Å². The van der Waals surface area contributed by atoms with Crippen LogP contribution in [-0.4, -0.2) is 90.2 Å². The molecule has 3 heterocycles. The van der Waals surface area contributed by atoms with Crippen molar-refractivity contribution in [3.8, 4) is 0 Å². The van der Waals surface area contributed by atoms with Gasteiger partial charge in [-0.1, -0.05) is 24.3 Å². The van der Waals surface area contributed by atoms with Crippen LogP contribution in [0.1, 0.15) is 19.8 Å². The van der Waals surface area contributed by atoms with Crippen LogP contribution in [0.5, 0.6) is 0 Å². The van der Waals surface area contributed by atoms with E-state index in [9.17, 15) is 0 Å². The van der Waals surface area contributed by atoms with Gasteiger partial charge in [0.2, 0.25) is 0 Å². The molecular formula is C23H33N5OS. The van der Waals surface area contributed by atoms with Gasteiger partial charge in [0.05, 0.1) is 13.2 Å². The van der Waals surface area contributed by atoms with Gasteiger partial charge in [0.1, 0.15) is 5.82 Å². The molecule has 0 atom stereocenters. The van der Waals surface area contributed by atoms with Crippen molar-refractivity contribution >= 4 is 28.5 Å². The SMILES string of the molecule is CC1(N2CCN(Sc3cnc(NCCN4CCOCC4)c4ccccc34)CC2)CC1. The van der Waals surface area contributed by atoms with Crippen molar-refractivity contribution in [3.05, 3.63) is 30.5 Å². The first kappa shape index (κ1) is 20.5. The minimum absolute atomic E-state index is 0.500. The standard InChI is InChI=1S/C23H33N5OS/c1-23(6-7-23)27-10-12-28(13-11-27)30-21-18-25-22(20-5-3-2-4-19(20)21)24-8-9-26-14-16-29-17-15-26/h2-5,18H,6-17H2,1H3,(H,24,25). The van der Waals surface area contributed by atoms with Gasteiger partial charge in [0.15, 0.2) is 0 Å². The molecule has 0 spiro atoms. The molecule has 3 aliphatic rings. The second kappa shape index (κ2) is 9.01. The van der Waals surface area contributed by atoms with Crippen molar-refractivity contribution in [1.82, 2.24) is 19.1 Å². The first-order chi connectivity index (χ1) is 14.7. The second-order valence-corrected chi connectivity index (χ2v) is 10.0. The van der Waals surface area contributed by atoms with E-state index in [2.05, 4.69) is 56.8 Å². The largest absolute Gasteiger partial charge is 0.379 e. The number of nitrogens with zero attached hydrogens (tertiary/aromatic N) is 4. The van der Waals surface area contributed by atoms with Gasteiger partial charge in [-0.15, -0.1) is 0 Å². The number of rotatable bonds is 7. The third-order valence-electron chi connectivity index (χ3n) is 6.79. The molecule has 6 nitrogen and oxygen atoms in total. The maximum Gasteiger partial charge on any atom is 0.133 e. The molecule has 1 aromatic carbocycles. The molecule has 0 bridgehead atoms. The molecule has 30 heavy (non-hydrogen) atoms. The predicted molar refractivity (Wildman–Crippen MR) is 124 cm³/mol. The van der Waals surface area contributed by atoms with Gasteiger partial charge in [-0.25, -0.2) is 9.29 Å². The minimum atomic E-state index is 0.500. The molecule has 5 rings (SSSR count). The summed E-state index contributed by atoms with van der Waals surface area (Å²) in [5.41, 5.74) is 0.500. The Morgan fingerprint density at radius 3 is 2.50 bits per heavy atom. The maximum absolute atomic E-state index is 5.44. The van der Waals surface area contributed by atoms with Crippen molar-refractivity contribution in [2.75, 3.05) is 70.9 Å². The van der Waals surface area contributed by atoms with Crippen LogP contribution in [0.15, 0.2) is 35.4 Å². The Hall–Kier alpha value is -1.38. The predicted octanol–water partition coefficient (Wildman–Crippen LogP) is 3.16. The summed E-state index contributed by atoms with van der Waals surface area (Å²) in [4.78, 5) is 11.2. The third-order valence-corrected chi connectivity index (χ3v) is 7.93. The number of aromatic nitrogens is 1. The first-order valence-corrected chi connectivity index (χ1v) is 12.1. The molecule has 1 aliphatic carbocycles. The van der Waals surface area contributed by atoms with Crippen LogP contribution >= 0.6 is 11.9 Å². The molecule has 1 aromatic heterocycles. The summed E-state index contributed by atoms with van der Waals surface area (Å²) in [6.07, 6.45) is 4.79. The molecule has 3 fully saturated rings. The second-order valence-electron chi connectivity index (χ2n) is 8.90. The van der Waals surface area contributed by atoms with Crippen LogP contribution in [0.25, 0.3) is 10.8 Å². The third kappa shape index (κ3) is 4.60. The summed E-state index contributed by atoms with van der Waals surface area (Å²) in [7, 11) is 0. The van der Waals surface area contributed by atoms with Gasteiger partial charge < -0.3 is 10.1 Å². The number of ether oxygens (including phenoxy) is 1. The molecular weight excluding hydrogens is 394 g/mol. The van der Waals surface area contributed by atoms with Crippen molar-refractivity contribution < 1.29 is 4.74 Å². The average Bonchev–Trinajstić information content (AvgIpc) is 3.55. The van der Waals surface area contributed by atoms with Crippen molar-refractivity contribution in [3.63, 3.8) is 0 Å². The number of nitrogens with one attached hydrogen (secondary N) is 1. The molecule has 0 radical (unpaired) electrons. The van der Waals surface area contributed by atoms with Gasteiger partial charge in [0.25, 0.3) is 0 Å². The molecule has 2 aliphatic heterocycles. The minimum Gasteiger partial charge on any atom is -0.379 e. The molecule has 2 saturated heterocycles. The summed E-state index contributed by atoms with van der Waals surface area (Å²) in [6, 6.07) is 8.67. The van der Waals surface area contributed by atoms with Gasteiger partial charge in [0, 0.05) is 79.8 Å². The van der Waals surface area contributed by atoms with Crippen molar-refractivity contribution in [1.29, 1.82) is 0 Å². The van der Waals surface area contributed by atoms with Crippen LogP contribution in [0.4, 0.5) is 5.82 Å². The Labute approximate surface area is 184 Å². The van der Waals surface area contributed by atoms with E-state index in [1.54, 1.807) is 0 Å². The number of hydrogen-bond donors (Lipinski definition) is 1. The van der Waals surface area contributed by atoms with Crippen LogP contribution in [-0.2, 0) is 4.74 Å². The summed E-state index contributed by atoms with van der Waals surface area (Å²) in [6.45, 7) is 12.7. The monoisotopic (exact) mass is 427 g/mol. The van der Waals surface area contributed by atoms with E-state index in [0.717, 1.165) is 58.3 Å². The average molecular weight is 428 g/mol. The Morgan fingerprint density at radius 1 is 1.03 bits per heavy atom. The van der Waals surface area contributed by atoms with Crippen molar-refractivity contribution in [2.45, 2.75) is 30.2 Å². The summed E-state index contributed by atoms with van der Waals surface area (Å²) >= 11 is 1.88. The van der Waals surface area contributed by atoms with Crippen LogP contribution in [0, 0.1) is 0 Å². The highest BCUT2D eigenvalue weighted by molar-refractivity contribution is 7.97. The molecule has 1 N–H and O–H groups in total. The number of anilines is 1. The fourth-order valence-electron chi connectivity index (χ4n) is 4.49. The van der Waals surface area contributed by atoms with E-state index in [0.29, 0.717) is 5.54 Å². The summed E-state index contributed by atoms with van der Waals surface area (Å²) in [5, 5.41) is 6.08. The fourth-order valence-corrected chi connectivity index (χ4v) is 5.49. The molecule has 0 amide bonds. The lowest BCUT2D eigenvalue weighted by Gasteiger charge is -2.37. The number of hydrogen-bond acceptors (Lipinski definition) is 7.